The Bertz CT molecular complexity index is 1240. The predicted molar refractivity (Wildman–Crippen MR) is 142 cm³/mol. The Morgan fingerprint density at radius 2 is 1.67 bits per heavy atom. The van der Waals surface area contributed by atoms with E-state index in [1.54, 1.807) is 6.07 Å². The zero-order valence-corrected chi connectivity index (χ0v) is 21.5. The van der Waals surface area contributed by atoms with Gasteiger partial charge < -0.3 is 26.4 Å². The van der Waals surface area contributed by atoms with Crippen LogP contribution in [-0.2, 0) is 11.3 Å². The van der Waals surface area contributed by atoms with Crippen LogP contribution in [0, 0.1) is 5.92 Å². The van der Waals surface area contributed by atoms with Crippen LogP contribution in [0.1, 0.15) is 49.7 Å². The fourth-order valence-corrected chi connectivity index (χ4v) is 4.56. The molecule has 1 heterocycles. The topological polar surface area (TPSA) is 127 Å². The zero-order valence-electron chi connectivity index (χ0n) is 21.5. The lowest BCUT2D eigenvalue weighted by molar-refractivity contribution is -0.274. The maximum Gasteiger partial charge on any atom is 0.573 e. The van der Waals surface area contributed by atoms with Crippen molar-refractivity contribution in [3.05, 3.63) is 65.7 Å². The predicted octanol–water partition coefficient (Wildman–Crippen LogP) is 4.86. The van der Waals surface area contributed by atoms with E-state index in [2.05, 4.69) is 54.7 Å². The smallest absolute Gasteiger partial charge is 0.405 e. The van der Waals surface area contributed by atoms with Gasteiger partial charge in [-0.1, -0.05) is 55.5 Å². The van der Waals surface area contributed by atoms with Crippen LogP contribution in [0.25, 0.3) is 0 Å². The summed E-state index contributed by atoms with van der Waals surface area (Å²) in [6.45, 7) is 2.68. The van der Waals surface area contributed by atoms with Crippen molar-refractivity contribution in [3.63, 3.8) is 0 Å². The lowest BCUT2D eigenvalue weighted by Crippen LogP contribution is -2.36. The Morgan fingerprint density at radius 3 is 2.38 bits per heavy atom. The molecule has 1 aliphatic rings. The number of nitrogens with one attached hydrogen (secondary N) is 3. The molecule has 1 saturated carbocycles. The molecule has 0 aliphatic heterocycles. The first-order valence-electron chi connectivity index (χ1n) is 12.8. The molecule has 12 heteroatoms. The maximum atomic E-state index is 12.7. The van der Waals surface area contributed by atoms with Gasteiger partial charge in [0, 0.05) is 30.6 Å². The van der Waals surface area contributed by atoms with E-state index in [4.69, 9.17) is 5.73 Å². The number of nitrogens with two attached hydrogens (primary N) is 1. The van der Waals surface area contributed by atoms with Gasteiger partial charge in [0.05, 0.1) is 0 Å². The molecule has 0 bridgehead atoms. The van der Waals surface area contributed by atoms with Crippen molar-refractivity contribution in [2.75, 3.05) is 22.9 Å². The minimum atomic E-state index is -4.80. The minimum absolute atomic E-state index is 0.0489. The monoisotopic (exact) mass is 543 g/mol. The summed E-state index contributed by atoms with van der Waals surface area (Å²) in [5, 5.41) is 9.26. The quantitative estimate of drug-likeness (QED) is 0.286. The molecule has 1 unspecified atom stereocenters. The number of rotatable bonds is 10. The summed E-state index contributed by atoms with van der Waals surface area (Å²) in [5.74, 6) is 0.343. The molecule has 5 N–H and O–H groups in total. The molecule has 208 valence electrons. The van der Waals surface area contributed by atoms with Crippen molar-refractivity contribution in [2.24, 2.45) is 5.92 Å². The highest BCUT2D eigenvalue weighted by Gasteiger charge is 2.32. The molecule has 1 aromatic heterocycles. The number of para-hydroxylation sites is 1. The summed E-state index contributed by atoms with van der Waals surface area (Å²) in [7, 11) is 0. The number of amides is 1. The Morgan fingerprint density at radius 1 is 1.00 bits per heavy atom. The van der Waals surface area contributed by atoms with Crippen molar-refractivity contribution in [3.8, 4) is 5.75 Å². The number of aromatic nitrogens is 3. The van der Waals surface area contributed by atoms with Crippen LogP contribution in [0.15, 0.2) is 54.6 Å². The molecular formula is C27H32F3N7O2. The largest absolute Gasteiger partial charge is 0.573 e. The van der Waals surface area contributed by atoms with Crippen molar-refractivity contribution in [1.82, 2.24) is 20.3 Å². The SMILES string of the molecule is CC(CNc1nc(N)nc(NC2CCC(C(=O)NCc3ccccc3OC(F)(F)F)CC2)n1)c1ccccc1. The first kappa shape index (κ1) is 27.9. The molecule has 2 aromatic carbocycles. The molecule has 0 spiro atoms. The average Bonchev–Trinajstić information content (AvgIpc) is 2.91. The molecule has 9 nitrogen and oxygen atoms in total. The number of carbonyl (C=O) groups is 1. The third kappa shape index (κ3) is 8.45. The van der Waals surface area contributed by atoms with E-state index in [9.17, 15) is 18.0 Å². The van der Waals surface area contributed by atoms with Gasteiger partial charge in [0.1, 0.15) is 5.75 Å². The van der Waals surface area contributed by atoms with Crippen LogP contribution < -0.4 is 26.4 Å². The number of alkyl halides is 3. The average molecular weight is 544 g/mol. The van der Waals surface area contributed by atoms with E-state index < -0.39 is 6.36 Å². The molecule has 39 heavy (non-hydrogen) atoms. The van der Waals surface area contributed by atoms with Gasteiger partial charge in [-0.05, 0) is 43.2 Å². The third-order valence-corrected chi connectivity index (χ3v) is 6.67. The van der Waals surface area contributed by atoms with Gasteiger partial charge >= 0.3 is 6.36 Å². The Balaban J connectivity index is 1.25. The second-order valence-corrected chi connectivity index (χ2v) is 9.60. The zero-order chi connectivity index (χ0) is 27.8. The lowest BCUT2D eigenvalue weighted by Gasteiger charge is -2.28. The second-order valence-electron chi connectivity index (χ2n) is 9.60. The van der Waals surface area contributed by atoms with Crippen molar-refractivity contribution < 1.29 is 22.7 Å². The fraction of sp³-hybridized carbons (Fsp3) is 0.407. The summed E-state index contributed by atoms with van der Waals surface area (Å²) in [6, 6.07) is 15.9. The highest BCUT2D eigenvalue weighted by molar-refractivity contribution is 5.78. The fourth-order valence-electron chi connectivity index (χ4n) is 4.56. The summed E-state index contributed by atoms with van der Waals surface area (Å²) < 4.78 is 42.0. The lowest BCUT2D eigenvalue weighted by atomic mass is 9.85. The number of nitrogen functional groups attached to an aromatic ring is 1. The van der Waals surface area contributed by atoms with Crippen molar-refractivity contribution in [2.45, 2.75) is 57.5 Å². The van der Waals surface area contributed by atoms with Crippen LogP contribution in [0.5, 0.6) is 5.75 Å². The van der Waals surface area contributed by atoms with Crippen molar-refractivity contribution >= 4 is 23.8 Å². The van der Waals surface area contributed by atoms with E-state index in [-0.39, 0.29) is 47.6 Å². The molecular weight excluding hydrogens is 511 g/mol. The number of carbonyl (C=O) groups excluding carboxylic acids is 1. The molecule has 3 aromatic rings. The molecule has 1 atom stereocenters. The first-order chi connectivity index (χ1) is 18.7. The van der Waals surface area contributed by atoms with E-state index in [1.165, 1.54) is 23.8 Å². The summed E-state index contributed by atoms with van der Waals surface area (Å²) in [6.07, 6.45) is -2.17. The molecule has 1 aliphatic carbocycles. The van der Waals surface area contributed by atoms with Crippen LogP contribution in [0.3, 0.4) is 0 Å². The van der Waals surface area contributed by atoms with Gasteiger partial charge in [-0.25, -0.2) is 0 Å². The van der Waals surface area contributed by atoms with Gasteiger partial charge in [0.25, 0.3) is 0 Å². The number of benzene rings is 2. The highest BCUT2D eigenvalue weighted by Crippen LogP contribution is 2.28. The molecule has 0 radical (unpaired) electrons. The van der Waals surface area contributed by atoms with Gasteiger partial charge in [-0.3, -0.25) is 4.79 Å². The molecule has 1 fully saturated rings. The van der Waals surface area contributed by atoms with E-state index >= 15 is 0 Å². The third-order valence-electron chi connectivity index (χ3n) is 6.67. The second kappa shape index (κ2) is 12.6. The Labute approximate surface area is 224 Å². The summed E-state index contributed by atoms with van der Waals surface area (Å²) in [5.41, 5.74) is 7.36. The van der Waals surface area contributed by atoms with Gasteiger partial charge in [-0.2, -0.15) is 15.0 Å². The summed E-state index contributed by atoms with van der Waals surface area (Å²) in [4.78, 5) is 25.5. The van der Waals surface area contributed by atoms with Crippen LogP contribution >= 0.6 is 0 Å². The van der Waals surface area contributed by atoms with Crippen LogP contribution in [0.4, 0.5) is 31.0 Å². The van der Waals surface area contributed by atoms with Crippen LogP contribution in [0.2, 0.25) is 0 Å². The molecule has 1 amide bonds. The summed E-state index contributed by atoms with van der Waals surface area (Å²) >= 11 is 0. The van der Waals surface area contributed by atoms with Gasteiger partial charge in [0.2, 0.25) is 23.8 Å². The standard InChI is InChI=1S/C27H32F3N7O2/c1-17(18-7-3-2-4-8-18)15-33-25-35-24(31)36-26(37-25)34-21-13-11-19(12-14-21)23(38)32-16-20-9-5-6-10-22(20)39-27(28,29)30/h2-10,17,19,21H,11-16H2,1H3,(H,32,38)(H4,31,33,34,35,36,37). The Kier molecular flexibility index (Phi) is 9.05. The molecule has 0 saturated heterocycles. The maximum absolute atomic E-state index is 12.7. The highest BCUT2D eigenvalue weighted by atomic mass is 19.4. The number of hydrogen-bond acceptors (Lipinski definition) is 8. The van der Waals surface area contributed by atoms with Gasteiger partial charge in [-0.15, -0.1) is 13.2 Å². The Hall–Kier alpha value is -4.09. The van der Waals surface area contributed by atoms with Gasteiger partial charge in [0.15, 0.2) is 0 Å². The van der Waals surface area contributed by atoms with E-state index in [0.29, 0.717) is 44.1 Å². The van der Waals surface area contributed by atoms with Crippen molar-refractivity contribution in [1.29, 1.82) is 0 Å². The number of ether oxygens (including phenoxy) is 1. The number of halogens is 3. The molecule has 4 rings (SSSR count). The number of nitrogens with zero attached hydrogens (tertiary/aromatic N) is 3. The first-order valence-corrected chi connectivity index (χ1v) is 12.8. The number of hydrogen-bond donors (Lipinski definition) is 4. The normalized spacial score (nSPS) is 18.2. The van der Waals surface area contributed by atoms with Crippen LogP contribution in [-0.4, -0.2) is 39.8 Å². The van der Waals surface area contributed by atoms with E-state index in [1.807, 2.05) is 18.2 Å². The minimum Gasteiger partial charge on any atom is -0.405 e. The number of anilines is 3. The van der Waals surface area contributed by atoms with E-state index in [0.717, 1.165) is 0 Å².